The van der Waals surface area contributed by atoms with Crippen LogP contribution in [-0.2, 0) is 39.6 Å². The molecule has 0 radical (unpaired) electrons. The van der Waals surface area contributed by atoms with Crippen LogP contribution in [0.3, 0.4) is 0 Å². The predicted octanol–water partition coefficient (Wildman–Crippen LogP) is 0.603. The Bertz CT molecular complexity index is 789. The van der Waals surface area contributed by atoms with Crippen molar-refractivity contribution in [3.63, 3.8) is 0 Å². The van der Waals surface area contributed by atoms with Crippen molar-refractivity contribution >= 4 is 11.4 Å². The molecular formula is C23H34N2O6. The van der Waals surface area contributed by atoms with Crippen LogP contribution >= 0.6 is 0 Å². The quantitative estimate of drug-likeness (QED) is 0.287. The molecule has 8 heteroatoms. The fourth-order valence-corrected chi connectivity index (χ4v) is 4.00. The van der Waals surface area contributed by atoms with Crippen molar-refractivity contribution in [2.75, 3.05) is 37.0 Å². The van der Waals surface area contributed by atoms with Crippen molar-refractivity contribution in [2.45, 2.75) is 46.1 Å². The Hall–Kier alpha value is -2.20. The average Bonchev–Trinajstić information content (AvgIpc) is 2.81. The molecule has 0 saturated carbocycles. The molecule has 0 spiro atoms. The van der Waals surface area contributed by atoms with E-state index in [1.807, 2.05) is 36.0 Å². The number of hydrogen-bond acceptors (Lipinski definition) is 8. The number of aliphatic hydroxyl groups excluding tert-OH is 6. The lowest BCUT2D eigenvalue weighted by Gasteiger charge is -2.27. The molecule has 31 heavy (non-hydrogen) atoms. The third kappa shape index (κ3) is 5.54. The van der Waals surface area contributed by atoms with Crippen LogP contribution in [0.15, 0.2) is 24.3 Å². The van der Waals surface area contributed by atoms with E-state index in [0.717, 1.165) is 17.8 Å². The molecule has 2 aromatic carbocycles. The lowest BCUT2D eigenvalue weighted by molar-refractivity contribution is 0.248. The molecule has 6 N–H and O–H groups in total. The van der Waals surface area contributed by atoms with Crippen molar-refractivity contribution in [1.82, 2.24) is 0 Å². The minimum absolute atomic E-state index is 0.199. The van der Waals surface area contributed by atoms with Crippen LogP contribution in [0.1, 0.15) is 39.8 Å². The Labute approximate surface area is 183 Å². The normalized spacial score (nSPS) is 11.1. The van der Waals surface area contributed by atoms with E-state index in [9.17, 15) is 30.6 Å². The van der Waals surface area contributed by atoms with Gasteiger partial charge in [0.25, 0.3) is 0 Å². The van der Waals surface area contributed by atoms with Gasteiger partial charge in [-0.05, 0) is 40.8 Å². The highest BCUT2D eigenvalue weighted by atomic mass is 16.3. The van der Waals surface area contributed by atoms with Crippen molar-refractivity contribution in [3.8, 4) is 0 Å². The van der Waals surface area contributed by atoms with E-state index in [4.69, 9.17) is 0 Å². The molecule has 0 heterocycles. The first-order chi connectivity index (χ1) is 15.0. The summed E-state index contributed by atoms with van der Waals surface area (Å²) in [4.78, 5) is 4.00. The monoisotopic (exact) mass is 434 g/mol. The first-order valence-corrected chi connectivity index (χ1v) is 10.3. The van der Waals surface area contributed by atoms with Gasteiger partial charge in [0, 0.05) is 49.7 Å². The zero-order valence-corrected chi connectivity index (χ0v) is 18.3. The Morgan fingerprint density at radius 2 is 0.871 bits per heavy atom. The van der Waals surface area contributed by atoms with Gasteiger partial charge in [0.05, 0.1) is 39.6 Å². The van der Waals surface area contributed by atoms with Gasteiger partial charge in [-0.25, -0.2) is 0 Å². The van der Waals surface area contributed by atoms with E-state index in [2.05, 4.69) is 0 Å². The SMILES string of the molecule is CN(CCCN(C)c1ccc(CO)c(CO)c1CO)c1ccc(CO)c(CO)c1CO. The zero-order chi connectivity index (χ0) is 23.0. The van der Waals surface area contributed by atoms with Gasteiger partial charge < -0.3 is 40.4 Å². The highest BCUT2D eigenvalue weighted by Crippen LogP contribution is 2.29. The van der Waals surface area contributed by atoms with Crippen molar-refractivity contribution < 1.29 is 30.6 Å². The minimum Gasteiger partial charge on any atom is -0.392 e. The molecular weight excluding hydrogens is 400 g/mol. The average molecular weight is 435 g/mol. The molecule has 0 aromatic heterocycles. The van der Waals surface area contributed by atoms with E-state index in [1.54, 1.807) is 12.1 Å². The number of hydrogen-bond donors (Lipinski definition) is 6. The highest BCUT2D eigenvalue weighted by molar-refractivity contribution is 5.59. The summed E-state index contributed by atoms with van der Waals surface area (Å²) in [6.07, 6.45) is 0.773. The molecule has 0 atom stereocenters. The number of anilines is 2. The van der Waals surface area contributed by atoms with Crippen LogP contribution in [0, 0.1) is 0 Å². The number of nitrogens with zero attached hydrogens (tertiary/aromatic N) is 2. The van der Waals surface area contributed by atoms with Crippen molar-refractivity contribution in [2.24, 2.45) is 0 Å². The second-order valence-corrected chi connectivity index (χ2v) is 7.55. The summed E-state index contributed by atoms with van der Waals surface area (Å²) in [5.41, 5.74) is 5.14. The summed E-state index contributed by atoms with van der Waals surface area (Å²) in [6.45, 7) is -0.0120. The first kappa shape index (κ1) is 25.1. The van der Waals surface area contributed by atoms with Crippen LogP contribution in [-0.4, -0.2) is 57.8 Å². The molecule has 0 aliphatic heterocycles. The van der Waals surface area contributed by atoms with Gasteiger partial charge in [-0.1, -0.05) is 12.1 Å². The largest absolute Gasteiger partial charge is 0.392 e. The Kier molecular flexibility index (Phi) is 9.70. The third-order valence-electron chi connectivity index (χ3n) is 5.79. The number of aliphatic hydroxyl groups is 6. The van der Waals surface area contributed by atoms with Crippen LogP contribution in [0.2, 0.25) is 0 Å². The molecule has 0 unspecified atom stereocenters. The van der Waals surface area contributed by atoms with Gasteiger partial charge in [-0.3, -0.25) is 0 Å². The maximum absolute atomic E-state index is 9.82. The minimum atomic E-state index is -0.253. The summed E-state index contributed by atoms with van der Waals surface area (Å²) in [5, 5.41) is 57.9. The van der Waals surface area contributed by atoms with Gasteiger partial charge in [-0.2, -0.15) is 0 Å². The molecule has 0 amide bonds. The van der Waals surface area contributed by atoms with E-state index in [0.29, 0.717) is 46.5 Å². The summed E-state index contributed by atoms with van der Waals surface area (Å²) in [7, 11) is 3.82. The zero-order valence-electron chi connectivity index (χ0n) is 18.3. The second kappa shape index (κ2) is 12.0. The summed E-state index contributed by atoms with van der Waals surface area (Å²) >= 11 is 0. The molecule has 172 valence electrons. The Morgan fingerprint density at radius 3 is 1.16 bits per heavy atom. The van der Waals surface area contributed by atoms with Crippen molar-refractivity contribution in [3.05, 3.63) is 57.6 Å². The molecule has 2 rings (SSSR count). The fraction of sp³-hybridized carbons (Fsp3) is 0.478. The van der Waals surface area contributed by atoms with Gasteiger partial charge in [0.15, 0.2) is 0 Å². The molecule has 0 aliphatic carbocycles. The molecule has 8 nitrogen and oxygen atoms in total. The number of rotatable bonds is 12. The van der Waals surface area contributed by atoms with Gasteiger partial charge in [-0.15, -0.1) is 0 Å². The smallest absolute Gasteiger partial charge is 0.0705 e. The van der Waals surface area contributed by atoms with Crippen LogP contribution in [0.5, 0.6) is 0 Å². The first-order valence-electron chi connectivity index (χ1n) is 10.3. The van der Waals surface area contributed by atoms with E-state index >= 15 is 0 Å². The molecule has 2 aromatic rings. The van der Waals surface area contributed by atoms with Crippen molar-refractivity contribution in [1.29, 1.82) is 0 Å². The molecule has 0 fully saturated rings. The Morgan fingerprint density at radius 1 is 0.516 bits per heavy atom. The summed E-state index contributed by atoms with van der Waals surface area (Å²) in [6, 6.07) is 7.20. The lowest BCUT2D eigenvalue weighted by atomic mass is 9.99. The van der Waals surface area contributed by atoms with Crippen LogP contribution in [0.25, 0.3) is 0 Å². The van der Waals surface area contributed by atoms with Crippen LogP contribution < -0.4 is 9.80 Å². The highest BCUT2D eigenvalue weighted by Gasteiger charge is 2.17. The van der Waals surface area contributed by atoms with E-state index < -0.39 is 0 Å². The molecule has 0 bridgehead atoms. The standard InChI is InChI=1S/C23H34N2O6/c1-24(22-6-4-16(10-26)18(12-28)20(22)14-30)8-3-9-25(2)23-7-5-17(11-27)19(13-29)21(23)15-31/h4-7,26-31H,3,8-15H2,1-2H3. The van der Waals surface area contributed by atoms with Gasteiger partial charge >= 0.3 is 0 Å². The fourth-order valence-electron chi connectivity index (χ4n) is 4.00. The molecule has 0 saturated heterocycles. The second-order valence-electron chi connectivity index (χ2n) is 7.55. The Balaban J connectivity index is 2.12. The summed E-state index contributed by atoms with van der Waals surface area (Å²) < 4.78 is 0. The number of benzene rings is 2. The maximum atomic E-state index is 9.82. The molecule has 0 aliphatic rings. The predicted molar refractivity (Wildman–Crippen MR) is 120 cm³/mol. The summed E-state index contributed by atoms with van der Waals surface area (Å²) in [5.74, 6) is 0. The third-order valence-corrected chi connectivity index (χ3v) is 5.79. The maximum Gasteiger partial charge on any atom is 0.0705 e. The lowest BCUT2D eigenvalue weighted by Crippen LogP contribution is -2.27. The topological polar surface area (TPSA) is 128 Å². The van der Waals surface area contributed by atoms with Crippen LogP contribution in [0.4, 0.5) is 11.4 Å². The van der Waals surface area contributed by atoms with Gasteiger partial charge in [0.1, 0.15) is 0 Å². The van der Waals surface area contributed by atoms with E-state index in [-0.39, 0.29) is 39.6 Å². The van der Waals surface area contributed by atoms with E-state index in [1.165, 1.54) is 0 Å². The van der Waals surface area contributed by atoms with Gasteiger partial charge in [0.2, 0.25) is 0 Å².